The summed E-state index contributed by atoms with van der Waals surface area (Å²) in [7, 11) is 1.76. The lowest BCUT2D eigenvalue weighted by Gasteiger charge is -2.31. The molecule has 1 aliphatic rings. The van der Waals surface area contributed by atoms with Gasteiger partial charge in [-0.15, -0.1) is 0 Å². The number of nitrogens with two attached hydrogens (primary N) is 1. The highest BCUT2D eigenvalue weighted by Crippen LogP contribution is 2.33. The van der Waals surface area contributed by atoms with Crippen molar-refractivity contribution in [2.24, 2.45) is 0 Å². The lowest BCUT2D eigenvalue weighted by Crippen LogP contribution is -2.36. The fourth-order valence-electron chi connectivity index (χ4n) is 3.15. The average molecular weight is 286 g/mol. The molecule has 0 aliphatic heterocycles. The van der Waals surface area contributed by atoms with Crippen molar-refractivity contribution in [1.29, 1.82) is 0 Å². The maximum absolute atomic E-state index is 6.25. The van der Waals surface area contributed by atoms with Crippen molar-refractivity contribution in [2.45, 2.75) is 44.8 Å². The number of aromatic nitrogens is 1. The summed E-state index contributed by atoms with van der Waals surface area (Å²) in [5.74, 6) is 0.812. The molecule has 3 rings (SSSR count). The summed E-state index contributed by atoms with van der Waals surface area (Å²) in [5, 5.41) is 0.906. The first-order valence-electron chi connectivity index (χ1n) is 7.54. The van der Waals surface area contributed by atoms with Gasteiger partial charge in [-0.05, 0) is 44.4 Å². The van der Waals surface area contributed by atoms with E-state index in [1.54, 1.807) is 7.11 Å². The van der Waals surface area contributed by atoms with Gasteiger partial charge in [0.1, 0.15) is 11.9 Å². The minimum atomic E-state index is 0.0926. The number of benzene rings is 1. The molecule has 0 spiro atoms. The molecule has 1 aromatic carbocycles. The summed E-state index contributed by atoms with van der Waals surface area (Å²) in [4.78, 5) is 4.54. The van der Waals surface area contributed by atoms with Crippen molar-refractivity contribution in [3.63, 3.8) is 0 Å². The average Bonchev–Trinajstić information content (AvgIpc) is 2.47. The predicted molar refractivity (Wildman–Crippen MR) is 84.6 cm³/mol. The molecule has 21 heavy (non-hydrogen) atoms. The number of hydrogen-bond acceptors (Lipinski definition) is 4. The minimum Gasteiger partial charge on any atom is -0.487 e. The SMILES string of the molecule is COC1CCCCC1Oc1cccc2nc(C)cc(N)c12. The quantitative estimate of drug-likeness (QED) is 0.938. The monoisotopic (exact) mass is 286 g/mol. The third-order valence-corrected chi connectivity index (χ3v) is 4.18. The summed E-state index contributed by atoms with van der Waals surface area (Å²) >= 11 is 0. The molecule has 2 N–H and O–H groups in total. The molecule has 0 saturated heterocycles. The minimum absolute atomic E-state index is 0.0926. The molecule has 0 amide bonds. The Kier molecular flexibility index (Phi) is 3.97. The van der Waals surface area contributed by atoms with Crippen LogP contribution in [0.2, 0.25) is 0 Å². The number of aryl methyl sites for hydroxylation is 1. The molecule has 2 unspecified atom stereocenters. The Bertz CT molecular complexity index is 642. The van der Waals surface area contributed by atoms with Crippen LogP contribution in [-0.4, -0.2) is 24.3 Å². The largest absolute Gasteiger partial charge is 0.487 e. The molecule has 1 aliphatic carbocycles. The molecule has 4 heteroatoms. The molecular weight excluding hydrogens is 264 g/mol. The van der Waals surface area contributed by atoms with E-state index in [-0.39, 0.29) is 12.2 Å². The first kappa shape index (κ1) is 14.1. The standard InChI is InChI=1S/C17H22N2O2/c1-11-10-12(18)17-13(19-11)6-5-9-16(17)21-15-8-4-3-7-14(15)20-2/h5-6,9-10,14-15H,3-4,7-8H2,1-2H3,(H2,18,19). The van der Waals surface area contributed by atoms with Gasteiger partial charge in [-0.3, -0.25) is 4.98 Å². The van der Waals surface area contributed by atoms with Gasteiger partial charge in [0.15, 0.2) is 0 Å². The zero-order valence-electron chi connectivity index (χ0n) is 12.6. The number of anilines is 1. The van der Waals surface area contributed by atoms with Gasteiger partial charge in [-0.25, -0.2) is 0 Å². The Balaban J connectivity index is 1.97. The second-order valence-electron chi connectivity index (χ2n) is 5.72. The van der Waals surface area contributed by atoms with E-state index < -0.39 is 0 Å². The van der Waals surface area contributed by atoms with Crippen molar-refractivity contribution >= 4 is 16.6 Å². The number of pyridine rings is 1. The topological polar surface area (TPSA) is 57.4 Å². The van der Waals surface area contributed by atoms with Crippen LogP contribution in [0.15, 0.2) is 24.3 Å². The molecule has 0 bridgehead atoms. The van der Waals surface area contributed by atoms with Crippen LogP contribution in [-0.2, 0) is 4.74 Å². The molecule has 0 radical (unpaired) electrons. The Morgan fingerprint density at radius 2 is 1.95 bits per heavy atom. The molecular formula is C17H22N2O2. The van der Waals surface area contributed by atoms with Crippen LogP contribution in [0.4, 0.5) is 5.69 Å². The number of nitrogens with zero attached hydrogens (tertiary/aromatic N) is 1. The van der Waals surface area contributed by atoms with Crippen LogP contribution in [0.5, 0.6) is 5.75 Å². The van der Waals surface area contributed by atoms with Gasteiger partial charge in [0, 0.05) is 18.5 Å². The summed E-state index contributed by atoms with van der Waals surface area (Å²) in [6, 6.07) is 7.80. The second kappa shape index (κ2) is 5.90. The first-order chi connectivity index (χ1) is 10.2. The second-order valence-corrected chi connectivity index (χ2v) is 5.72. The zero-order valence-corrected chi connectivity index (χ0v) is 12.6. The predicted octanol–water partition coefficient (Wildman–Crippen LogP) is 3.46. The van der Waals surface area contributed by atoms with Gasteiger partial charge in [0.05, 0.1) is 17.0 Å². The van der Waals surface area contributed by atoms with Gasteiger partial charge in [0.25, 0.3) is 0 Å². The van der Waals surface area contributed by atoms with Crippen molar-refractivity contribution in [2.75, 3.05) is 12.8 Å². The third-order valence-electron chi connectivity index (χ3n) is 4.18. The molecule has 1 saturated carbocycles. The number of rotatable bonds is 3. The van der Waals surface area contributed by atoms with Crippen molar-refractivity contribution in [3.8, 4) is 5.75 Å². The molecule has 112 valence electrons. The molecule has 1 aromatic heterocycles. The Hall–Kier alpha value is -1.81. The number of nitrogen functional groups attached to an aromatic ring is 1. The van der Waals surface area contributed by atoms with Gasteiger partial charge in [0.2, 0.25) is 0 Å². The molecule has 2 atom stereocenters. The fourth-order valence-corrected chi connectivity index (χ4v) is 3.15. The Morgan fingerprint density at radius 1 is 1.19 bits per heavy atom. The van der Waals surface area contributed by atoms with Crippen molar-refractivity contribution in [1.82, 2.24) is 4.98 Å². The van der Waals surface area contributed by atoms with Crippen LogP contribution in [0.1, 0.15) is 31.4 Å². The Morgan fingerprint density at radius 3 is 2.71 bits per heavy atom. The van der Waals surface area contributed by atoms with Crippen molar-refractivity contribution in [3.05, 3.63) is 30.0 Å². The van der Waals surface area contributed by atoms with Gasteiger partial charge in [-0.1, -0.05) is 12.5 Å². The summed E-state index contributed by atoms with van der Waals surface area (Å²) in [5.41, 5.74) is 8.70. The van der Waals surface area contributed by atoms with Crippen molar-refractivity contribution < 1.29 is 9.47 Å². The van der Waals surface area contributed by atoms with Crippen LogP contribution in [0.25, 0.3) is 10.9 Å². The highest BCUT2D eigenvalue weighted by molar-refractivity contribution is 5.95. The number of fused-ring (bicyclic) bond motifs is 1. The summed E-state index contributed by atoms with van der Waals surface area (Å²) in [6.45, 7) is 1.95. The van der Waals surface area contributed by atoms with Crippen LogP contribution in [0.3, 0.4) is 0 Å². The highest BCUT2D eigenvalue weighted by Gasteiger charge is 2.27. The van der Waals surface area contributed by atoms with Crippen LogP contribution in [0, 0.1) is 6.92 Å². The van der Waals surface area contributed by atoms with E-state index in [1.807, 2.05) is 31.2 Å². The van der Waals surface area contributed by atoms with E-state index >= 15 is 0 Å². The van der Waals surface area contributed by atoms with E-state index in [1.165, 1.54) is 12.8 Å². The molecule has 1 heterocycles. The summed E-state index contributed by atoms with van der Waals surface area (Å²) < 4.78 is 11.8. The fraction of sp³-hybridized carbons (Fsp3) is 0.471. The highest BCUT2D eigenvalue weighted by atomic mass is 16.5. The maximum atomic E-state index is 6.25. The van der Waals surface area contributed by atoms with Crippen LogP contribution >= 0.6 is 0 Å². The smallest absolute Gasteiger partial charge is 0.131 e. The molecule has 1 fully saturated rings. The van der Waals surface area contributed by atoms with E-state index in [9.17, 15) is 0 Å². The van der Waals surface area contributed by atoms with E-state index in [2.05, 4.69) is 4.98 Å². The maximum Gasteiger partial charge on any atom is 0.131 e. The van der Waals surface area contributed by atoms with Crippen LogP contribution < -0.4 is 10.5 Å². The van der Waals surface area contributed by atoms with E-state index in [4.69, 9.17) is 15.2 Å². The number of ether oxygens (including phenoxy) is 2. The van der Waals surface area contributed by atoms with Gasteiger partial charge >= 0.3 is 0 Å². The molecule has 4 nitrogen and oxygen atoms in total. The number of hydrogen-bond donors (Lipinski definition) is 1. The number of methoxy groups -OCH3 is 1. The van der Waals surface area contributed by atoms with Gasteiger partial charge in [-0.2, -0.15) is 0 Å². The normalized spacial score (nSPS) is 22.4. The van der Waals surface area contributed by atoms with E-state index in [0.29, 0.717) is 0 Å². The lowest BCUT2D eigenvalue weighted by atomic mass is 9.94. The zero-order chi connectivity index (χ0) is 14.8. The molecule has 2 aromatic rings. The first-order valence-corrected chi connectivity index (χ1v) is 7.54. The van der Waals surface area contributed by atoms with E-state index in [0.717, 1.165) is 40.9 Å². The summed E-state index contributed by atoms with van der Waals surface area (Å²) in [6.07, 6.45) is 4.72. The Labute approximate surface area is 125 Å². The van der Waals surface area contributed by atoms with Gasteiger partial charge < -0.3 is 15.2 Å². The lowest BCUT2D eigenvalue weighted by molar-refractivity contribution is -0.0223. The third kappa shape index (κ3) is 2.81.